The average Bonchev–Trinajstić information content (AvgIpc) is 2.67. The van der Waals surface area contributed by atoms with Crippen molar-refractivity contribution in [2.24, 2.45) is 0 Å². The number of aliphatic hydroxyl groups excluding tert-OH is 1. The van der Waals surface area contributed by atoms with Gasteiger partial charge in [-0.25, -0.2) is 4.79 Å². The summed E-state index contributed by atoms with van der Waals surface area (Å²) in [5.74, 6) is -1.64. The Morgan fingerprint density at radius 2 is 2.05 bits per heavy atom. The minimum absolute atomic E-state index is 0.417. The summed E-state index contributed by atoms with van der Waals surface area (Å²) in [5, 5.41) is 20.0. The first kappa shape index (κ1) is 14.0. The average molecular weight is 283 g/mol. The summed E-state index contributed by atoms with van der Waals surface area (Å²) in [5.41, 5.74) is 1.21. The fourth-order valence-electron chi connectivity index (χ4n) is 2.19. The summed E-state index contributed by atoms with van der Waals surface area (Å²) in [6, 6.07) is 0.617. The molecule has 1 aromatic rings. The number of thiophene rings is 1. The number of hydrogen-bond acceptors (Lipinski definition) is 4. The first-order valence-corrected chi connectivity index (χ1v) is 7.19. The summed E-state index contributed by atoms with van der Waals surface area (Å²) in [6.45, 7) is -0.605. The highest BCUT2D eigenvalue weighted by molar-refractivity contribution is 7.14. The first-order valence-electron chi connectivity index (χ1n) is 6.38. The Kier molecular flexibility index (Phi) is 4.55. The van der Waals surface area contributed by atoms with Crippen LogP contribution in [0, 0.1) is 0 Å². The topological polar surface area (TPSA) is 86.6 Å². The quantitative estimate of drug-likeness (QED) is 0.724. The van der Waals surface area contributed by atoms with Crippen LogP contribution in [0.25, 0.3) is 0 Å². The third kappa shape index (κ3) is 3.33. The fraction of sp³-hybridized carbons (Fsp3) is 0.538. The van der Waals surface area contributed by atoms with Gasteiger partial charge in [-0.15, -0.1) is 11.3 Å². The smallest absolute Gasteiger partial charge is 0.328 e. The van der Waals surface area contributed by atoms with Crippen molar-refractivity contribution in [1.29, 1.82) is 0 Å². The second-order valence-electron chi connectivity index (χ2n) is 4.67. The Hall–Kier alpha value is -1.40. The third-order valence-corrected chi connectivity index (χ3v) is 4.49. The molecule has 2 rings (SSSR count). The van der Waals surface area contributed by atoms with Gasteiger partial charge in [0.25, 0.3) is 5.91 Å². The standard InChI is InChI=1S/C13H17NO4S/c15-7-9(13(17)18)14-12(16)11-6-8-4-2-1-3-5-10(8)19-11/h6,9,15H,1-5,7H2,(H,14,16)(H,17,18)/t9-/m0/s1. The van der Waals surface area contributed by atoms with Crippen LogP contribution in [-0.4, -0.2) is 34.7 Å². The number of aryl methyl sites for hydroxylation is 2. The molecule has 0 bridgehead atoms. The largest absolute Gasteiger partial charge is 0.480 e. The number of carbonyl (C=O) groups excluding carboxylic acids is 1. The van der Waals surface area contributed by atoms with Gasteiger partial charge in [-0.2, -0.15) is 0 Å². The lowest BCUT2D eigenvalue weighted by Crippen LogP contribution is -2.43. The fourth-order valence-corrected chi connectivity index (χ4v) is 3.35. The molecule has 19 heavy (non-hydrogen) atoms. The molecule has 104 valence electrons. The van der Waals surface area contributed by atoms with E-state index in [-0.39, 0.29) is 0 Å². The minimum atomic E-state index is -1.24. The maximum atomic E-state index is 11.9. The maximum Gasteiger partial charge on any atom is 0.328 e. The normalized spacial score (nSPS) is 16.3. The van der Waals surface area contributed by atoms with E-state index in [0.29, 0.717) is 4.88 Å². The molecule has 0 spiro atoms. The molecule has 0 saturated carbocycles. The van der Waals surface area contributed by atoms with E-state index in [1.807, 2.05) is 6.07 Å². The second-order valence-corrected chi connectivity index (χ2v) is 5.80. The number of carbonyl (C=O) groups is 2. The highest BCUT2D eigenvalue weighted by Gasteiger charge is 2.22. The Bertz CT molecular complexity index is 459. The number of carboxylic acids is 1. The molecule has 6 heteroatoms. The van der Waals surface area contributed by atoms with E-state index in [1.54, 1.807) is 0 Å². The van der Waals surface area contributed by atoms with Gasteiger partial charge >= 0.3 is 5.97 Å². The molecule has 0 aliphatic heterocycles. The number of aliphatic carboxylic acids is 1. The molecule has 5 nitrogen and oxygen atoms in total. The van der Waals surface area contributed by atoms with Crippen molar-refractivity contribution in [3.63, 3.8) is 0 Å². The molecule has 1 aliphatic carbocycles. The molecule has 0 radical (unpaired) electrons. The predicted molar refractivity (Wildman–Crippen MR) is 71.6 cm³/mol. The molecule has 1 atom stereocenters. The van der Waals surface area contributed by atoms with E-state index in [0.717, 1.165) is 25.7 Å². The summed E-state index contributed by atoms with van der Waals surface area (Å²) in [4.78, 5) is 24.5. The van der Waals surface area contributed by atoms with Crippen molar-refractivity contribution in [3.05, 3.63) is 21.4 Å². The van der Waals surface area contributed by atoms with Crippen LogP contribution < -0.4 is 5.32 Å². The van der Waals surface area contributed by atoms with E-state index in [1.165, 1.54) is 28.2 Å². The number of hydrogen-bond donors (Lipinski definition) is 3. The van der Waals surface area contributed by atoms with Gasteiger partial charge in [-0.3, -0.25) is 4.79 Å². The lowest BCUT2D eigenvalue weighted by Gasteiger charge is -2.10. The lowest BCUT2D eigenvalue weighted by atomic mass is 10.1. The van der Waals surface area contributed by atoms with E-state index in [4.69, 9.17) is 10.2 Å². The van der Waals surface area contributed by atoms with Gasteiger partial charge < -0.3 is 15.5 Å². The second kappa shape index (κ2) is 6.16. The molecular formula is C13H17NO4S. The zero-order valence-corrected chi connectivity index (χ0v) is 11.3. The van der Waals surface area contributed by atoms with Crippen LogP contribution in [0.1, 0.15) is 39.4 Å². The number of rotatable bonds is 4. The van der Waals surface area contributed by atoms with Gasteiger partial charge in [0.15, 0.2) is 6.04 Å². The van der Waals surface area contributed by atoms with E-state index >= 15 is 0 Å². The molecule has 1 heterocycles. The monoisotopic (exact) mass is 283 g/mol. The Morgan fingerprint density at radius 1 is 1.32 bits per heavy atom. The molecule has 0 aromatic carbocycles. The molecule has 0 fully saturated rings. The summed E-state index contributed by atoms with van der Waals surface area (Å²) in [6.07, 6.45) is 5.48. The molecule has 3 N–H and O–H groups in total. The zero-order chi connectivity index (χ0) is 13.8. The van der Waals surface area contributed by atoms with Gasteiger partial charge in [-0.1, -0.05) is 6.42 Å². The van der Waals surface area contributed by atoms with Crippen molar-refractivity contribution in [1.82, 2.24) is 5.32 Å². The third-order valence-electron chi connectivity index (χ3n) is 3.26. The molecule has 1 amide bonds. The number of nitrogens with one attached hydrogen (secondary N) is 1. The summed E-state index contributed by atoms with van der Waals surface area (Å²) in [7, 11) is 0. The summed E-state index contributed by atoms with van der Waals surface area (Å²) >= 11 is 1.43. The van der Waals surface area contributed by atoms with Crippen molar-refractivity contribution < 1.29 is 19.8 Å². The Labute approximate surface area is 115 Å². The van der Waals surface area contributed by atoms with Crippen molar-refractivity contribution in [2.45, 2.75) is 38.1 Å². The Balaban J connectivity index is 2.09. The Morgan fingerprint density at radius 3 is 2.74 bits per heavy atom. The molecule has 0 saturated heterocycles. The van der Waals surface area contributed by atoms with Crippen molar-refractivity contribution >= 4 is 23.2 Å². The van der Waals surface area contributed by atoms with Crippen LogP contribution >= 0.6 is 11.3 Å². The van der Waals surface area contributed by atoms with Crippen LogP contribution in [-0.2, 0) is 17.6 Å². The zero-order valence-electron chi connectivity index (χ0n) is 10.5. The molecular weight excluding hydrogens is 266 g/mol. The number of fused-ring (bicyclic) bond motifs is 1. The van der Waals surface area contributed by atoms with Crippen LogP contribution in [0.3, 0.4) is 0 Å². The number of amides is 1. The first-order chi connectivity index (χ1) is 9.11. The van der Waals surface area contributed by atoms with Crippen molar-refractivity contribution in [3.8, 4) is 0 Å². The van der Waals surface area contributed by atoms with E-state index < -0.39 is 24.5 Å². The van der Waals surface area contributed by atoms with Gasteiger partial charge in [0, 0.05) is 4.88 Å². The van der Waals surface area contributed by atoms with E-state index in [2.05, 4.69) is 5.32 Å². The highest BCUT2D eigenvalue weighted by atomic mass is 32.1. The number of carboxylic acid groups (broad SMARTS) is 1. The minimum Gasteiger partial charge on any atom is -0.480 e. The SMILES string of the molecule is O=C(N[C@@H](CO)C(=O)O)c1cc2c(s1)CCCCC2. The van der Waals surface area contributed by atoms with Gasteiger partial charge in [0.05, 0.1) is 11.5 Å². The van der Waals surface area contributed by atoms with Crippen molar-refractivity contribution in [2.75, 3.05) is 6.61 Å². The molecule has 0 unspecified atom stereocenters. The molecule has 1 aliphatic rings. The molecule has 1 aromatic heterocycles. The van der Waals surface area contributed by atoms with Crippen LogP contribution in [0.4, 0.5) is 0 Å². The highest BCUT2D eigenvalue weighted by Crippen LogP contribution is 2.28. The van der Waals surface area contributed by atoms with Gasteiger partial charge in [0.2, 0.25) is 0 Å². The predicted octanol–water partition coefficient (Wildman–Crippen LogP) is 1.19. The van der Waals surface area contributed by atoms with Crippen LogP contribution in [0.15, 0.2) is 6.07 Å². The van der Waals surface area contributed by atoms with Gasteiger partial charge in [-0.05, 0) is 37.3 Å². The van der Waals surface area contributed by atoms with Gasteiger partial charge in [0.1, 0.15) is 0 Å². The van der Waals surface area contributed by atoms with E-state index in [9.17, 15) is 9.59 Å². The van der Waals surface area contributed by atoms with Crippen LogP contribution in [0.5, 0.6) is 0 Å². The lowest BCUT2D eigenvalue weighted by molar-refractivity contribution is -0.140. The number of aliphatic hydroxyl groups is 1. The maximum absolute atomic E-state index is 11.9. The summed E-state index contributed by atoms with van der Waals surface area (Å²) < 4.78 is 0. The van der Waals surface area contributed by atoms with Crippen LogP contribution in [0.2, 0.25) is 0 Å².